The van der Waals surface area contributed by atoms with Crippen LogP contribution in [0.15, 0.2) is 96.0 Å². The highest BCUT2D eigenvalue weighted by Crippen LogP contribution is 2.35. The molecule has 0 aliphatic carbocycles. The molecule has 8 heteroatoms. The van der Waals surface area contributed by atoms with E-state index in [0.29, 0.717) is 42.4 Å². The summed E-state index contributed by atoms with van der Waals surface area (Å²) in [6, 6.07) is 26.1. The van der Waals surface area contributed by atoms with Crippen LogP contribution in [-0.2, 0) is 17.5 Å². The Bertz CT molecular complexity index is 1760. The van der Waals surface area contributed by atoms with Crippen LogP contribution in [0.5, 0.6) is 0 Å². The van der Waals surface area contributed by atoms with E-state index in [0.717, 1.165) is 39.7 Å². The molecule has 0 N–H and O–H groups in total. The molecule has 1 aliphatic heterocycles. The Morgan fingerprint density at radius 3 is 2.21 bits per heavy atom. The van der Waals surface area contributed by atoms with Gasteiger partial charge in [-0.05, 0) is 49.1 Å². The minimum Gasteiger partial charge on any atom is -0.377 e. The standard InChI is InChI=1S/C34H29F3N4O/c1-22-27(14-9-15-28(22)34(35,36)37)21-41-23(2)38-32-30(41)20-29(24-16-18-42-19-17-24)39-33(32)40-31(25-10-5-3-6-11-25)26-12-7-4-8-13-26/h3-16,20H,17-19,21H2,1-2H3. The van der Waals surface area contributed by atoms with E-state index in [1.54, 1.807) is 6.07 Å². The summed E-state index contributed by atoms with van der Waals surface area (Å²) in [4.78, 5) is 15.0. The van der Waals surface area contributed by atoms with Gasteiger partial charge in [0.05, 0.1) is 35.7 Å². The highest BCUT2D eigenvalue weighted by atomic mass is 19.4. The first-order valence-electron chi connectivity index (χ1n) is 13.8. The average Bonchev–Trinajstić information content (AvgIpc) is 3.32. The summed E-state index contributed by atoms with van der Waals surface area (Å²) in [7, 11) is 0. The van der Waals surface area contributed by atoms with E-state index in [2.05, 4.69) is 0 Å². The van der Waals surface area contributed by atoms with Gasteiger partial charge in [0, 0.05) is 17.7 Å². The fraction of sp³-hybridized carbons (Fsp3) is 0.206. The fourth-order valence-corrected chi connectivity index (χ4v) is 5.35. The number of alkyl halides is 3. The predicted molar refractivity (Wildman–Crippen MR) is 159 cm³/mol. The van der Waals surface area contributed by atoms with Crippen molar-refractivity contribution in [2.24, 2.45) is 4.99 Å². The maximum atomic E-state index is 13.7. The topological polar surface area (TPSA) is 52.3 Å². The normalized spacial score (nSPS) is 13.7. The summed E-state index contributed by atoms with van der Waals surface area (Å²) in [6.07, 6.45) is -1.71. The lowest BCUT2D eigenvalue weighted by Gasteiger charge is -2.16. The quantitative estimate of drug-likeness (QED) is 0.195. The van der Waals surface area contributed by atoms with Crippen LogP contribution in [0.3, 0.4) is 0 Å². The summed E-state index contributed by atoms with van der Waals surface area (Å²) in [5.41, 5.74) is 5.94. The predicted octanol–water partition coefficient (Wildman–Crippen LogP) is 8.09. The third kappa shape index (κ3) is 5.50. The molecule has 0 amide bonds. The smallest absolute Gasteiger partial charge is 0.377 e. The number of ether oxygens (including phenoxy) is 1. The number of benzene rings is 3. The van der Waals surface area contributed by atoms with Gasteiger partial charge < -0.3 is 9.30 Å². The number of pyridine rings is 1. The summed E-state index contributed by atoms with van der Waals surface area (Å²) >= 11 is 0. The minimum absolute atomic E-state index is 0.210. The summed E-state index contributed by atoms with van der Waals surface area (Å²) in [5.74, 6) is 1.12. The van der Waals surface area contributed by atoms with E-state index in [-0.39, 0.29) is 12.1 Å². The van der Waals surface area contributed by atoms with Gasteiger partial charge in [-0.2, -0.15) is 13.2 Å². The van der Waals surface area contributed by atoms with Crippen LogP contribution >= 0.6 is 0 Å². The van der Waals surface area contributed by atoms with Crippen LogP contribution in [0.2, 0.25) is 0 Å². The number of aryl methyl sites for hydroxylation is 1. The fourth-order valence-electron chi connectivity index (χ4n) is 5.35. The van der Waals surface area contributed by atoms with E-state index in [1.807, 2.05) is 84.3 Å². The van der Waals surface area contributed by atoms with Crippen LogP contribution in [-0.4, -0.2) is 33.5 Å². The minimum atomic E-state index is -4.42. The Morgan fingerprint density at radius 2 is 1.60 bits per heavy atom. The molecule has 0 atom stereocenters. The summed E-state index contributed by atoms with van der Waals surface area (Å²) in [5, 5.41) is 0. The molecule has 0 bridgehead atoms. The van der Waals surface area contributed by atoms with Gasteiger partial charge >= 0.3 is 6.18 Å². The molecule has 0 fully saturated rings. The highest BCUT2D eigenvalue weighted by Gasteiger charge is 2.33. The zero-order valence-corrected chi connectivity index (χ0v) is 23.3. The zero-order valence-electron chi connectivity index (χ0n) is 23.3. The summed E-state index contributed by atoms with van der Waals surface area (Å²) in [6.45, 7) is 4.70. The molecular formula is C34H29F3N4O. The van der Waals surface area contributed by atoms with Crippen LogP contribution in [0.25, 0.3) is 16.6 Å². The van der Waals surface area contributed by atoms with Gasteiger partial charge in [0.25, 0.3) is 0 Å². The molecule has 42 heavy (non-hydrogen) atoms. The van der Waals surface area contributed by atoms with Crippen molar-refractivity contribution in [2.45, 2.75) is 33.0 Å². The van der Waals surface area contributed by atoms with E-state index < -0.39 is 11.7 Å². The SMILES string of the molecule is Cc1c(Cn2c(C)nc3c(N=C(c4ccccc4)c4ccccc4)nc(C4=CCOCC4)cc32)cccc1C(F)(F)F. The number of nitrogens with zero attached hydrogens (tertiary/aromatic N) is 4. The number of rotatable bonds is 6. The van der Waals surface area contributed by atoms with Crippen LogP contribution in [0, 0.1) is 13.8 Å². The van der Waals surface area contributed by atoms with E-state index in [1.165, 1.54) is 13.0 Å². The second kappa shape index (κ2) is 11.4. The number of aromatic nitrogens is 3. The number of hydrogen-bond donors (Lipinski definition) is 0. The lowest BCUT2D eigenvalue weighted by atomic mass is 10.0. The van der Waals surface area contributed by atoms with E-state index >= 15 is 0 Å². The Balaban J connectivity index is 1.57. The molecule has 212 valence electrons. The molecule has 5 nitrogen and oxygen atoms in total. The molecule has 5 aromatic rings. The van der Waals surface area contributed by atoms with Crippen molar-refractivity contribution in [1.29, 1.82) is 0 Å². The molecule has 3 heterocycles. The maximum absolute atomic E-state index is 13.7. The van der Waals surface area contributed by atoms with Crippen LogP contribution in [0.1, 0.15) is 45.8 Å². The zero-order chi connectivity index (χ0) is 29.3. The van der Waals surface area contributed by atoms with Crippen molar-refractivity contribution in [3.63, 3.8) is 0 Å². The van der Waals surface area contributed by atoms with Gasteiger partial charge in [0.1, 0.15) is 11.3 Å². The number of imidazole rings is 1. The molecule has 0 saturated carbocycles. The van der Waals surface area contributed by atoms with Gasteiger partial charge in [0.2, 0.25) is 0 Å². The third-order valence-electron chi connectivity index (χ3n) is 7.59. The van der Waals surface area contributed by atoms with E-state index in [4.69, 9.17) is 19.7 Å². The molecule has 3 aromatic carbocycles. The van der Waals surface area contributed by atoms with Gasteiger partial charge in [-0.25, -0.2) is 15.0 Å². The second-order valence-corrected chi connectivity index (χ2v) is 10.3. The lowest BCUT2D eigenvalue weighted by Crippen LogP contribution is -2.11. The van der Waals surface area contributed by atoms with Crippen molar-refractivity contribution in [1.82, 2.24) is 14.5 Å². The van der Waals surface area contributed by atoms with Crippen LogP contribution < -0.4 is 0 Å². The average molecular weight is 567 g/mol. The Kier molecular flexibility index (Phi) is 7.47. The lowest BCUT2D eigenvalue weighted by molar-refractivity contribution is -0.138. The molecule has 0 radical (unpaired) electrons. The first kappa shape index (κ1) is 27.6. The maximum Gasteiger partial charge on any atom is 0.416 e. The second-order valence-electron chi connectivity index (χ2n) is 10.3. The number of aliphatic imine (C=N–C) groups is 1. The number of halogens is 3. The highest BCUT2D eigenvalue weighted by molar-refractivity contribution is 6.14. The van der Waals surface area contributed by atoms with Crippen molar-refractivity contribution in [3.05, 3.63) is 130 Å². The first-order valence-corrected chi connectivity index (χ1v) is 13.8. The molecular weight excluding hydrogens is 537 g/mol. The van der Waals surface area contributed by atoms with Crippen LogP contribution in [0.4, 0.5) is 19.0 Å². The Morgan fingerprint density at radius 1 is 0.905 bits per heavy atom. The monoisotopic (exact) mass is 566 g/mol. The molecule has 1 aliphatic rings. The van der Waals surface area contributed by atoms with E-state index in [9.17, 15) is 13.2 Å². The molecule has 0 unspecified atom stereocenters. The van der Waals surface area contributed by atoms with Crippen molar-refractivity contribution in [2.75, 3.05) is 13.2 Å². The third-order valence-corrected chi connectivity index (χ3v) is 7.59. The Labute approximate surface area is 242 Å². The van der Waals surface area contributed by atoms with Gasteiger partial charge in [0.15, 0.2) is 5.82 Å². The van der Waals surface area contributed by atoms with Crippen molar-refractivity contribution in [3.8, 4) is 0 Å². The largest absolute Gasteiger partial charge is 0.416 e. The van der Waals surface area contributed by atoms with Crippen molar-refractivity contribution >= 4 is 28.1 Å². The molecule has 2 aromatic heterocycles. The van der Waals surface area contributed by atoms with Gasteiger partial charge in [-0.15, -0.1) is 0 Å². The summed E-state index contributed by atoms with van der Waals surface area (Å²) < 4.78 is 48.6. The van der Waals surface area contributed by atoms with Gasteiger partial charge in [-0.3, -0.25) is 0 Å². The molecule has 0 spiro atoms. The molecule has 0 saturated heterocycles. The van der Waals surface area contributed by atoms with Crippen molar-refractivity contribution < 1.29 is 17.9 Å². The van der Waals surface area contributed by atoms with Gasteiger partial charge in [-0.1, -0.05) is 78.9 Å². The number of hydrogen-bond acceptors (Lipinski definition) is 4. The Hall–Kier alpha value is -4.56. The molecule has 6 rings (SSSR count). The number of fused-ring (bicyclic) bond motifs is 1. The first-order chi connectivity index (χ1) is 20.3.